The number of benzene rings is 1. The van der Waals surface area contributed by atoms with Crippen LogP contribution in [0.3, 0.4) is 0 Å². The highest BCUT2D eigenvalue weighted by molar-refractivity contribution is 7.99. The van der Waals surface area contributed by atoms with Crippen molar-refractivity contribution >= 4 is 23.4 Å². The molecule has 0 bridgehead atoms. The van der Waals surface area contributed by atoms with Crippen LogP contribution in [0.1, 0.15) is 61.6 Å². The second kappa shape index (κ2) is 9.22. The first-order valence-corrected chi connectivity index (χ1v) is 11.6. The van der Waals surface area contributed by atoms with Gasteiger partial charge in [-0.3, -0.25) is 4.79 Å². The number of amides is 1. The largest absolute Gasteiger partial charge is 0.326 e. The summed E-state index contributed by atoms with van der Waals surface area (Å²) in [5.74, 6) is 1.20. The molecular weight excluding hydrogens is 390 g/mol. The van der Waals surface area contributed by atoms with E-state index in [1.807, 2.05) is 32.0 Å². The quantitative estimate of drug-likeness (QED) is 0.616. The number of rotatable bonds is 5. The van der Waals surface area contributed by atoms with E-state index in [-0.39, 0.29) is 11.3 Å². The monoisotopic (exact) mass is 421 g/mol. The summed E-state index contributed by atoms with van der Waals surface area (Å²) < 4.78 is 0. The van der Waals surface area contributed by atoms with Crippen LogP contribution in [0.5, 0.6) is 0 Å². The molecule has 0 saturated heterocycles. The van der Waals surface area contributed by atoms with E-state index in [4.69, 9.17) is 4.98 Å². The van der Waals surface area contributed by atoms with Gasteiger partial charge in [0.15, 0.2) is 0 Å². The lowest BCUT2D eigenvalue weighted by molar-refractivity contribution is -0.115. The van der Waals surface area contributed by atoms with Crippen LogP contribution >= 0.6 is 11.8 Å². The van der Waals surface area contributed by atoms with Gasteiger partial charge in [-0.2, -0.15) is 5.26 Å². The highest BCUT2D eigenvalue weighted by atomic mass is 32.2. The second-order valence-corrected chi connectivity index (χ2v) is 10.5. The SMILES string of the molecule is Cc1cc(C)cc(NC(=O)CCSc2nc3c(cc2C#N)CC(C(C)(C)C)CC3)c1. The maximum absolute atomic E-state index is 12.3. The van der Waals surface area contributed by atoms with Crippen LogP contribution in [0.25, 0.3) is 0 Å². The summed E-state index contributed by atoms with van der Waals surface area (Å²) in [5.41, 5.74) is 6.33. The van der Waals surface area contributed by atoms with E-state index in [1.165, 1.54) is 17.3 Å². The van der Waals surface area contributed by atoms with E-state index in [1.54, 1.807) is 0 Å². The molecule has 1 atom stereocenters. The van der Waals surface area contributed by atoms with Crippen LogP contribution in [0.15, 0.2) is 29.3 Å². The Kier molecular flexibility index (Phi) is 6.88. The van der Waals surface area contributed by atoms with Gasteiger partial charge in [-0.05, 0) is 79.3 Å². The van der Waals surface area contributed by atoms with E-state index >= 15 is 0 Å². The van der Waals surface area contributed by atoms with Crippen molar-refractivity contribution < 1.29 is 4.79 Å². The fourth-order valence-corrected chi connectivity index (χ4v) is 5.00. The zero-order valence-electron chi connectivity index (χ0n) is 18.6. The molecule has 1 aromatic heterocycles. The number of nitrogens with zero attached hydrogens (tertiary/aromatic N) is 2. The first-order valence-electron chi connectivity index (χ1n) is 10.6. The number of hydrogen-bond acceptors (Lipinski definition) is 4. The Hall–Kier alpha value is -2.32. The van der Waals surface area contributed by atoms with Crippen molar-refractivity contribution in [3.63, 3.8) is 0 Å². The van der Waals surface area contributed by atoms with Gasteiger partial charge in [-0.1, -0.05) is 26.8 Å². The average molecular weight is 422 g/mol. The predicted molar refractivity (Wildman–Crippen MR) is 124 cm³/mol. The Morgan fingerprint density at radius 3 is 2.57 bits per heavy atom. The first kappa shape index (κ1) is 22.4. The molecule has 1 heterocycles. The molecule has 1 aliphatic rings. The van der Waals surface area contributed by atoms with E-state index in [9.17, 15) is 10.1 Å². The molecule has 3 rings (SSSR count). The minimum Gasteiger partial charge on any atom is -0.326 e. The molecule has 0 fully saturated rings. The molecule has 4 nitrogen and oxygen atoms in total. The van der Waals surface area contributed by atoms with Gasteiger partial charge >= 0.3 is 0 Å². The van der Waals surface area contributed by atoms with Gasteiger partial charge in [0.05, 0.1) is 5.56 Å². The smallest absolute Gasteiger partial charge is 0.225 e. The van der Waals surface area contributed by atoms with Gasteiger partial charge in [0.25, 0.3) is 0 Å². The molecule has 1 aromatic carbocycles. The number of carbonyl (C=O) groups excluding carboxylic acids is 1. The Labute approximate surface area is 184 Å². The summed E-state index contributed by atoms with van der Waals surface area (Å²) in [6.45, 7) is 10.9. The zero-order valence-corrected chi connectivity index (χ0v) is 19.4. The topological polar surface area (TPSA) is 65.8 Å². The third-order valence-corrected chi connectivity index (χ3v) is 6.76. The minimum absolute atomic E-state index is 0.0167. The van der Waals surface area contributed by atoms with E-state index in [2.05, 4.69) is 38.2 Å². The van der Waals surface area contributed by atoms with Crippen molar-refractivity contribution in [2.24, 2.45) is 11.3 Å². The third-order valence-electron chi connectivity index (χ3n) is 5.77. The molecule has 1 aliphatic carbocycles. The fourth-order valence-electron chi connectivity index (χ4n) is 4.09. The van der Waals surface area contributed by atoms with Crippen LogP contribution in [-0.2, 0) is 17.6 Å². The van der Waals surface area contributed by atoms with Crippen molar-refractivity contribution in [2.75, 3.05) is 11.1 Å². The van der Waals surface area contributed by atoms with Crippen LogP contribution in [0.4, 0.5) is 5.69 Å². The van der Waals surface area contributed by atoms with E-state index in [0.717, 1.165) is 46.8 Å². The molecule has 0 saturated carbocycles. The van der Waals surface area contributed by atoms with Crippen molar-refractivity contribution in [3.05, 3.63) is 52.2 Å². The summed E-state index contributed by atoms with van der Waals surface area (Å²) in [7, 11) is 0. The third kappa shape index (κ3) is 5.64. The van der Waals surface area contributed by atoms with Gasteiger partial charge in [0.1, 0.15) is 11.1 Å². The van der Waals surface area contributed by atoms with Crippen LogP contribution in [-0.4, -0.2) is 16.6 Å². The number of fused-ring (bicyclic) bond motifs is 1. The standard InChI is InChI=1S/C25H31N3OS/c1-16-10-17(2)12-21(11-16)27-23(29)8-9-30-24-19(15-26)13-18-14-20(25(3,4)5)6-7-22(18)28-24/h10-13,20H,6-9,14H2,1-5H3,(H,27,29). The van der Waals surface area contributed by atoms with Crippen molar-refractivity contribution in [1.29, 1.82) is 5.26 Å². The number of carbonyl (C=O) groups is 1. The molecule has 30 heavy (non-hydrogen) atoms. The van der Waals surface area contributed by atoms with Crippen molar-refractivity contribution in [1.82, 2.24) is 4.98 Å². The summed E-state index contributed by atoms with van der Waals surface area (Å²) in [4.78, 5) is 17.1. The average Bonchev–Trinajstić information content (AvgIpc) is 2.65. The first-order chi connectivity index (χ1) is 14.2. The number of nitriles is 1. The summed E-state index contributed by atoms with van der Waals surface area (Å²) >= 11 is 1.50. The second-order valence-electron chi connectivity index (χ2n) is 9.39. The van der Waals surface area contributed by atoms with Crippen LogP contribution in [0, 0.1) is 36.5 Å². The van der Waals surface area contributed by atoms with Gasteiger partial charge in [0.2, 0.25) is 5.91 Å². The summed E-state index contributed by atoms with van der Waals surface area (Å²) in [6.07, 6.45) is 3.47. The number of anilines is 1. The van der Waals surface area contributed by atoms with Gasteiger partial charge in [-0.15, -0.1) is 11.8 Å². The number of hydrogen-bond donors (Lipinski definition) is 1. The lowest BCUT2D eigenvalue weighted by Crippen LogP contribution is -2.27. The van der Waals surface area contributed by atoms with Crippen LogP contribution < -0.4 is 5.32 Å². The number of thioether (sulfide) groups is 1. The Morgan fingerprint density at radius 2 is 1.93 bits per heavy atom. The van der Waals surface area contributed by atoms with E-state index < -0.39 is 0 Å². The predicted octanol–water partition coefficient (Wildman–Crippen LogP) is 5.84. The Morgan fingerprint density at radius 1 is 1.23 bits per heavy atom. The molecule has 158 valence electrons. The Bertz CT molecular complexity index is 965. The number of pyridine rings is 1. The van der Waals surface area contributed by atoms with Gasteiger partial charge in [0, 0.05) is 23.6 Å². The molecule has 1 amide bonds. The maximum Gasteiger partial charge on any atom is 0.225 e. The molecular formula is C25H31N3OS. The van der Waals surface area contributed by atoms with Crippen LogP contribution in [0.2, 0.25) is 0 Å². The lowest BCUT2D eigenvalue weighted by Gasteiger charge is -2.34. The van der Waals surface area contributed by atoms with Gasteiger partial charge in [-0.25, -0.2) is 4.98 Å². The number of aryl methyl sites for hydroxylation is 3. The fraction of sp³-hybridized carbons (Fsp3) is 0.480. The lowest BCUT2D eigenvalue weighted by atomic mass is 9.71. The molecule has 0 radical (unpaired) electrons. The van der Waals surface area contributed by atoms with E-state index in [0.29, 0.717) is 23.7 Å². The van der Waals surface area contributed by atoms with Crippen molar-refractivity contribution in [3.8, 4) is 6.07 Å². The Balaban J connectivity index is 1.62. The highest BCUT2D eigenvalue weighted by Crippen LogP contribution is 2.38. The highest BCUT2D eigenvalue weighted by Gasteiger charge is 2.30. The molecule has 0 aliphatic heterocycles. The minimum atomic E-state index is -0.0167. The molecule has 0 spiro atoms. The normalized spacial score (nSPS) is 15.9. The molecule has 1 N–H and O–H groups in total. The molecule has 2 aromatic rings. The van der Waals surface area contributed by atoms with Gasteiger partial charge < -0.3 is 5.32 Å². The van der Waals surface area contributed by atoms with Crippen molar-refractivity contribution in [2.45, 2.75) is 65.3 Å². The number of nitrogens with one attached hydrogen (secondary N) is 1. The zero-order chi connectivity index (χ0) is 21.9. The summed E-state index contributed by atoms with van der Waals surface area (Å²) in [6, 6.07) is 10.4. The molecule has 1 unspecified atom stereocenters. The number of aromatic nitrogens is 1. The molecule has 5 heteroatoms. The summed E-state index contributed by atoms with van der Waals surface area (Å²) in [5, 5.41) is 13.3. The maximum atomic E-state index is 12.3.